The molecular formula is C26H34F2. The summed E-state index contributed by atoms with van der Waals surface area (Å²) in [7, 11) is 0. The van der Waals surface area contributed by atoms with Gasteiger partial charge in [-0.05, 0) is 66.0 Å². The average Bonchev–Trinajstić information content (AvgIpc) is 2.72. The quantitative estimate of drug-likeness (QED) is 0.498. The van der Waals surface area contributed by atoms with E-state index in [0.717, 1.165) is 37.2 Å². The summed E-state index contributed by atoms with van der Waals surface area (Å²) in [6, 6.07) is 11.8. The first-order chi connectivity index (χ1) is 13.5. The Morgan fingerprint density at radius 2 is 1.18 bits per heavy atom. The van der Waals surface area contributed by atoms with Crippen LogP contribution in [0.25, 0.3) is 11.1 Å². The summed E-state index contributed by atoms with van der Waals surface area (Å²) in [6.07, 6.45) is 9.18. The van der Waals surface area contributed by atoms with E-state index in [1.807, 2.05) is 18.2 Å². The molecular weight excluding hydrogens is 350 g/mol. The van der Waals surface area contributed by atoms with Gasteiger partial charge in [0.1, 0.15) is 0 Å². The van der Waals surface area contributed by atoms with E-state index in [1.165, 1.54) is 31.2 Å². The van der Waals surface area contributed by atoms with Crippen molar-refractivity contribution in [3.63, 3.8) is 0 Å². The van der Waals surface area contributed by atoms with E-state index in [-0.39, 0.29) is 7.34 Å². The van der Waals surface area contributed by atoms with Crippen LogP contribution in [0.15, 0.2) is 36.4 Å². The van der Waals surface area contributed by atoms with Crippen molar-refractivity contribution in [1.82, 2.24) is 0 Å². The third kappa shape index (κ3) is 4.02. The Morgan fingerprint density at radius 3 is 1.75 bits per heavy atom. The van der Waals surface area contributed by atoms with Gasteiger partial charge in [-0.15, -0.1) is 0 Å². The predicted molar refractivity (Wildman–Crippen MR) is 115 cm³/mol. The lowest BCUT2D eigenvalue weighted by Gasteiger charge is -2.27. The standard InChI is InChI=1S/C26H32F2.H2/c1-17-3-7-19(8-4-17)20-11-13-22(14-12-20)24-16-15-23(25(27)26(24)28)21-9-5-18(2)6-10-21;/h11-19,21H,3-10H2,1-2H3;1H. The first kappa shape index (κ1) is 19.6. The van der Waals surface area contributed by atoms with Crippen molar-refractivity contribution in [3.05, 3.63) is 59.2 Å². The largest absolute Gasteiger partial charge is 0.203 e. The first-order valence-electron chi connectivity index (χ1n) is 11.1. The molecule has 2 aromatic carbocycles. The molecule has 0 atom stereocenters. The summed E-state index contributed by atoms with van der Waals surface area (Å²) in [6.45, 7) is 4.57. The molecule has 0 amide bonds. The molecule has 0 nitrogen and oxygen atoms in total. The molecule has 2 aromatic rings. The van der Waals surface area contributed by atoms with Gasteiger partial charge >= 0.3 is 0 Å². The van der Waals surface area contributed by atoms with Crippen molar-refractivity contribution < 1.29 is 10.2 Å². The Bertz CT molecular complexity index is 798. The second-order valence-corrected chi connectivity index (χ2v) is 9.37. The minimum absolute atomic E-state index is 0. The average molecular weight is 385 g/mol. The summed E-state index contributed by atoms with van der Waals surface area (Å²) in [5.74, 6) is 0.990. The molecule has 2 saturated carbocycles. The summed E-state index contributed by atoms with van der Waals surface area (Å²) in [5, 5.41) is 0. The highest BCUT2D eigenvalue weighted by Gasteiger charge is 2.25. The molecule has 0 unspecified atom stereocenters. The van der Waals surface area contributed by atoms with Crippen molar-refractivity contribution in [2.75, 3.05) is 0 Å². The monoisotopic (exact) mass is 384 g/mol. The van der Waals surface area contributed by atoms with E-state index in [9.17, 15) is 8.78 Å². The summed E-state index contributed by atoms with van der Waals surface area (Å²) < 4.78 is 29.8. The minimum Gasteiger partial charge on any atom is -0.203 e. The number of benzene rings is 2. The van der Waals surface area contributed by atoms with Gasteiger partial charge in [-0.1, -0.05) is 75.9 Å². The zero-order valence-electron chi connectivity index (χ0n) is 17.2. The highest BCUT2D eigenvalue weighted by molar-refractivity contribution is 5.65. The van der Waals surface area contributed by atoms with Gasteiger partial charge in [-0.3, -0.25) is 0 Å². The van der Waals surface area contributed by atoms with Gasteiger partial charge < -0.3 is 0 Å². The predicted octanol–water partition coefficient (Wildman–Crippen LogP) is 8.47. The minimum atomic E-state index is -0.685. The van der Waals surface area contributed by atoms with Crippen LogP contribution in [-0.2, 0) is 0 Å². The van der Waals surface area contributed by atoms with E-state index in [1.54, 1.807) is 6.07 Å². The van der Waals surface area contributed by atoms with Crippen molar-refractivity contribution in [1.29, 1.82) is 0 Å². The van der Waals surface area contributed by atoms with Gasteiger partial charge in [0.25, 0.3) is 0 Å². The lowest BCUT2D eigenvalue weighted by atomic mass is 9.78. The van der Waals surface area contributed by atoms with Crippen molar-refractivity contribution in [2.45, 2.75) is 77.0 Å². The smallest absolute Gasteiger partial charge is 0.166 e. The van der Waals surface area contributed by atoms with Crippen molar-refractivity contribution >= 4 is 0 Å². The second-order valence-electron chi connectivity index (χ2n) is 9.37. The van der Waals surface area contributed by atoms with E-state index in [0.29, 0.717) is 23.0 Å². The van der Waals surface area contributed by atoms with Gasteiger partial charge in [-0.2, -0.15) is 0 Å². The maximum absolute atomic E-state index is 14.9. The van der Waals surface area contributed by atoms with E-state index in [4.69, 9.17) is 0 Å². The second kappa shape index (κ2) is 8.35. The molecule has 0 aromatic heterocycles. The Hall–Kier alpha value is -1.70. The van der Waals surface area contributed by atoms with Crippen LogP contribution < -0.4 is 0 Å². The van der Waals surface area contributed by atoms with Crippen molar-refractivity contribution in [3.8, 4) is 11.1 Å². The molecule has 2 aliphatic carbocycles. The van der Waals surface area contributed by atoms with Crippen LogP contribution in [0.4, 0.5) is 8.78 Å². The fourth-order valence-electron chi connectivity index (χ4n) is 5.20. The Morgan fingerprint density at radius 1 is 0.643 bits per heavy atom. The Kier molecular flexibility index (Phi) is 5.85. The molecule has 0 saturated heterocycles. The molecule has 0 bridgehead atoms. The molecule has 0 aliphatic heterocycles. The summed E-state index contributed by atoms with van der Waals surface area (Å²) in [5.41, 5.74) is 3.06. The number of hydrogen-bond donors (Lipinski definition) is 0. The molecule has 0 radical (unpaired) electrons. The Balaban J connectivity index is 0.00000240. The molecule has 0 heterocycles. The van der Waals surface area contributed by atoms with Crippen LogP contribution in [-0.4, -0.2) is 0 Å². The Labute approximate surface area is 169 Å². The van der Waals surface area contributed by atoms with E-state index in [2.05, 4.69) is 26.0 Å². The fourth-order valence-corrected chi connectivity index (χ4v) is 5.20. The topological polar surface area (TPSA) is 0 Å². The van der Waals surface area contributed by atoms with Crippen molar-refractivity contribution in [2.24, 2.45) is 11.8 Å². The normalized spacial score (nSPS) is 28.3. The van der Waals surface area contributed by atoms with Gasteiger partial charge in [0.05, 0.1) is 0 Å². The zero-order valence-corrected chi connectivity index (χ0v) is 17.2. The van der Waals surface area contributed by atoms with Crippen LogP contribution in [0.1, 0.15) is 89.6 Å². The molecule has 28 heavy (non-hydrogen) atoms. The third-order valence-electron chi connectivity index (χ3n) is 7.28. The van der Waals surface area contributed by atoms with Gasteiger partial charge in [-0.25, -0.2) is 8.78 Å². The van der Waals surface area contributed by atoms with Crippen LogP contribution >= 0.6 is 0 Å². The highest BCUT2D eigenvalue weighted by Crippen LogP contribution is 2.39. The first-order valence-corrected chi connectivity index (χ1v) is 11.1. The maximum atomic E-state index is 14.9. The zero-order chi connectivity index (χ0) is 19.7. The van der Waals surface area contributed by atoms with Gasteiger partial charge in [0.2, 0.25) is 0 Å². The van der Waals surface area contributed by atoms with Crippen LogP contribution in [0.3, 0.4) is 0 Å². The van der Waals surface area contributed by atoms with E-state index >= 15 is 0 Å². The summed E-state index contributed by atoms with van der Waals surface area (Å²) >= 11 is 0. The number of halogens is 2. The lowest BCUT2D eigenvalue weighted by molar-refractivity contribution is 0.339. The lowest BCUT2D eigenvalue weighted by Crippen LogP contribution is -2.13. The summed E-state index contributed by atoms with van der Waals surface area (Å²) in [4.78, 5) is 0. The van der Waals surface area contributed by atoms with E-state index < -0.39 is 11.6 Å². The van der Waals surface area contributed by atoms with Gasteiger partial charge in [0, 0.05) is 6.99 Å². The maximum Gasteiger partial charge on any atom is 0.166 e. The van der Waals surface area contributed by atoms with Crippen LogP contribution in [0, 0.1) is 23.5 Å². The molecule has 0 N–H and O–H groups in total. The molecule has 0 spiro atoms. The van der Waals surface area contributed by atoms with Crippen LogP contribution in [0.2, 0.25) is 0 Å². The molecule has 4 rings (SSSR count). The third-order valence-corrected chi connectivity index (χ3v) is 7.28. The molecule has 152 valence electrons. The SMILES string of the molecule is CC1CCC(c2ccc(-c3ccc(C4CCC(C)CC4)c(F)c3F)cc2)CC1.[HH]. The highest BCUT2D eigenvalue weighted by atomic mass is 19.2. The molecule has 2 aliphatic rings. The number of rotatable bonds is 3. The number of hydrogen-bond acceptors (Lipinski definition) is 0. The van der Waals surface area contributed by atoms with Gasteiger partial charge in [0.15, 0.2) is 11.6 Å². The molecule has 2 heteroatoms. The molecule has 2 fully saturated rings. The fraction of sp³-hybridized carbons (Fsp3) is 0.538. The van der Waals surface area contributed by atoms with Crippen LogP contribution in [0.5, 0.6) is 0 Å².